The van der Waals surface area contributed by atoms with E-state index in [1.165, 1.54) is 3.97 Å². The number of nitrogens with zero attached hydrogens (tertiary/aromatic N) is 2. The van der Waals surface area contributed by atoms with Crippen LogP contribution in [0.3, 0.4) is 0 Å². The minimum Gasteiger partial charge on any atom is -0.493 e. The molecule has 8 heteroatoms. The van der Waals surface area contributed by atoms with Gasteiger partial charge in [0.05, 0.1) is 30.3 Å². The fraction of sp³-hybridized carbons (Fsp3) is 0.250. The van der Waals surface area contributed by atoms with Crippen molar-refractivity contribution < 1.29 is 17.9 Å². The van der Waals surface area contributed by atoms with Crippen molar-refractivity contribution in [3.05, 3.63) is 66.5 Å². The van der Waals surface area contributed by atoms with E-state index >= 15 is 0 Å². The lowest BCUT2D eigenvalue weighted by Crippen LogP contribution is -2.13. The van der Waals surface area contributed by atoms with Crippen molar-refractivity contribution in [2.24, 2.45) is 0 Å². The van der Waals surface area contributed by atoms with Gasteiger partial charge in [-0.2, -0.15) is 0 Å². The number of rotatable bonds is 8. The van der Waals surface area contributed by atoms with Crippen LogP contribution in [0.15, 0.2) is 65.8 Å². The van der Waals surface area contributed by atoms with E-state index in [1.807, 2.05) is 43.5 Å². The van der Waals surface area contributed by atoms with E-state index in [4.69, 9.17) is 9.47 Å². The van der Waals surface area contributed by atoms with E-state index in [-0.39, 0.29) is 4.90 Å². The zero-order valence-corrected chi connectivity index (χ0v) is 21.2. The van der Waals surface area contributed by atoms with Gasteiger partial charge in [-0.15, -0.1) is 0 Å². The first-order valence-corrected chi connectivity index (χ1v) is 13.2. The monoisotopic (exact) mass is 564 g/mol. The van der Waals surface area contributed by atoms with Crippen molar-refractivity contribution in [1.29, 1.82) is 0 Å². The standard InChI is InChI=1S/C24H25IN2O4S/c1-17-7-9-18(10-8-17)32(28,29)27-13-4-6-21(27)20-16-26(12-5-11-25)22-15-24(31-3)23(30-2)14-19(20)22/h4,6-10,13-16H,5,11-12H2,1-3H3. The Hall–Kier alpha value is -2.46. The summed E-state index contributed by atoms with van der Waals surface area (Å²) in [5.74, 6) is 1.25. The summed E-state index contributed by atoms with van der Waals surface area (Å²) in [5.41, 5.74) is 3.42. The fourth-order valence-electron chi connectivity index (χ4n) is 3.84. The summed E-state index contributed by atoms with van der Waals surface area (Å²) in [5, 5.41) is 0.912. The zero-order valence-electron chi connectivity index (χ0n) is 18.2. The highest BCUT2D eigenvalue weighted by atomic mass is 127. The van der Waals surface area contributed by atoms with Crippen LogP contribution >= 0.6 is 22.6 Å². The number of halogens is 1. The first-order valence-electron chi connectivity index (χ1n) is 10.2. The summed E-state index contributed by atoms with van der Waals surface area (Å²) >= 11 is 2.36. The van der Waals surface area contributed by atoms with E-state index in [2.05, 4.69) is 27.2 Å². The van der Waals surface area contributed by atoms with Gasteiger partial charge >= 0.3 is 0 Å². The largest absolute Gasteiger partial charge is 0.493 e. The first kappa shape index (κ1) is 22.7. The van der Waals surface area contributed by atoms with E-state index in [1.54, 1.807) is 38.6 Å². The zero-order chi connectivity index (χ0) is 22.9. The van der Waals surface area contributed by atoms with Crippen LogP contribution in [0.2, 0.25) is 0 Å². The summed E-state index contributed by atoms with van der Waals surface area (Å²) in [6, 6.07) is 14.4. The summed E-state index contributed by atoms with van der Waals surface area (Å²) in [6.07, 6.45) is 4.62. The number of aromatic nitrogens is 2. The maximum atomic E-state index is 13.4. The molecule has 0 unspecified atom stereocenters. The molecule has 0 spiro atoms. The quantitative estimate of drug-likeness (QED) is 0.210. The summed E-state index contributed by atoms with van der Waals surface area (Å²) in [6.45, 7) is 2.75. The summed E-state index contributed by atoms with van der Waals surface area (Å²) in [4.78, 5) is 0.258. The molecule has 0 N–H and O–H groups in total. The highest BCUT2D eigenvalue weighted by Crippen LogP contribution is 2.39. The number of ether oxygens (including phenoxy) is 2. The second-order valence-corrected chi connectivity index (χ2v) is 10.4. The van der Waals surface area contributed by atoms with Crippen molar-refractivity contribution in [3.63, 3.8) is 0 Å². The van der Waals surface area contributed by atoms with Gasteiger partial charge in [0.1, 0.15) is 0 Å². The third-order valence-corrected chi connectivity index (χ3v) is 7.95. The topological polar surface area (TPSA) is 62.5 Å². The Labute approximate surface area is 202 Å². The molecule has 0 bridgehead atoms. The average molecular weight is 564 g/mol. The minimum absolute atomic E-state index is 0.258. The van der Waals surface area contributed by atoms with E-state index < -0.39 is 10.0 Å². The molecule has 0 aliphatic rings. The lowest BCUT2D eigenvalue weighted by atomic mass is 10.1. The normalized spacial score (nSPS) is 11.8. The minimum atomic E-state index is -3.75. The van der Waals surface area contributed by atoms with E-state index in [9.17, 15) is 8.42 Å². The molecule has 6 nitrogen and oxygen atoms in total. The number of aryl methyl sites for hydroxylation is 2. The van der Waals surface area contributed by atoms with Gasteiger partial charge in [0.25, 0.3) is 10.0 Å². The highest BCUT2D eigenvalue weighted by Gasteiger charge is 2.23. The van der Waals surface area contributed by atoms with Crippen molar-refractivity contribution in [3.8, 4) is 22.8 Å². The predicted molar refractivity (Wildman–Crippen MR) is 136 cm³/mol. The number of hydrogen-bond acceptors (Lipinski definition) is 4. The van der Waals surface area contributed by atoms with Crippen LogP contribution in [0, 0.1) is 6.92 Å². The maximum Gasteiger partial charge on any atom is 0.268 e. The Bertz CT molecular complexity index is 1350. The molecule has 0 aliphatic carbocycles. The Balaban J connectivity index is 1.93. The van der Waals surface area contributed by atoms with Crippen LogP contribution in [0.1, 0.15) is 12.0 Å². The lowest BCUT2D eigenvalue weighted by molar-refractivity contribution is 0.355. The van der Waals surface area contributed by atoms with E-state index in [0.29, 0.717) is 17.2 Å². The number of methoxy groups -OCH3 is 2. The molecule has 0 radical (unpaired) electrons. The van der Waals surface area contributed by atoms with Gasteiger partial charge in [-0.25, -0.2) is 12.4 Å². The Morgan fingerprint density at radius 1 is 1.00 bits per heavy atom. The molecule has 4 rings (SSSR count). The van der Waals surface area contributed by atoms with Gasteiger partial charge in [-0.1, -0.05) is 40.3 Å². The first-order chi connectivity index (χ1) is 15.4. The van der Waals surface area contributed by atoms with Crippen molar-refractivity contribution in [2.75, 3.05) is 18.6 Å². The smallest absolute Gasteiger partial charge is 0.268 e. The lowest BCUT2D eigenvalue weighted by Gasteiger charge is -2.11. The Kier molecular flexibility index (Phi) is 6.52. The Morgan fingerprint density at radius 2 is 1.69 bits per heavy atom. The van der Waals surface area contributed by atoms with Crippen LogP contribution in [-0.2, 0) is 16.6 Å². The summed E-state index contributed by atoms with van der Waals surface area (Å²) in [7, 11) is -0.534. The molecule has 0 amide bonds. The molecule has 32 heavy (non-hydrogen) atoms. The molecule has 4 aromatic rings. The second kappa shape index (κ2) is 9.19. The van der Waals surface area contributed by atoms with Crippen LogP contribution < -0.4 is 9.47 Å². The van der Waals surface area contributed by atoms with E-state index in [0.717, 1.165) is 39.4 Å². The third kappa shape index (κ3) is 4.01. The highest BCUT2D eigenvalue weighted by molar-refractivity contribution is 14.1. The molecule has 0 fully saturated rings. The molecule has 0 saturated carbocycles. The molecular formula is C24H25IN2O4S. The Morgan fingerprint density at radius 3 is 2.34 bits per heavy atom. The predicted octanol–water partition coefficient (Wildman–Crippen LogP) is 5.50. The van der Waals surface area contributed by atoms with Gasteiger partial charge in [0, 0.05) is 40.4 Å². The van der Waals surface area contributed by atoms with Crippen molar-refractivity contribution in [1.82, 2.24) is 8.54 Å². The molecule has 2 heterocycles. The number of hydrogen-bond donors (Lipinski definition) is 0. The molecule has 0 saturated heterocycles. The van der Waals surface area contributed by atoms with Crippen LogP contribution in [0.25, 0.3) is 22.2 Å². The third-order valence-electron chi connectivity index (χ3n) is 5.49. The van der Waals surface area contributed by atoms with Crippen LogP contribution in [0.4, 0.5) is 0 Å². The van der Waals surface area contributed by atoms with Gasteiger partial charge in [-0.05, 0) is 43.7 Å². The fourth-order valence-corrected chi connectivity index (χ4v) is 5.54. The average Bonchev–Trinajstić information content (AvgIpc) is 3.42. The van der Waals surface area contributed by atoms with Crippen LogP contribution in [0.5, 0.6) is 11.5 Å². The molecule has 0 atom stereocenters. The van der Waals surface area contributed by atoms with Gasteiger partial charge in [0.15, 0.2) is 11.5 Å². The molecule has 0 aliphatic heterocycles. The molecule has 2 aromatic carbocycles. The van der Waals surface area contributed by atoms with Crippen molar-refractivity contribution in [2.45, 2.75) is 24.8 Å². The number of alkyl halides is 1. The van der Waals surface area contributed by atoms with Gasteiger partial charge in [-0.3, -0.25) is 0 Å². The SMILES string of the molecule is COc1cc2c(-c3cccn3S(=O)(=O)c3ccc(C)cc3)cn(CCCI)c2cc1OC. The number of benzene rings is 2. The summed E-state index contributed by atoms with van der Waals surface area (Å²) < 4.78 is 42.5. The van der Waals surface area contributed by atoms with Gasteiger partial charge in [0.2, 0.25) is 0 Å². The van der Waals surface area contributed by atoms with Crippen LogP contribution in [-0.4, -0.2) is 35.6 Å². The van der Waals surface area contributed by atoms with Crippen molar-refractivity contribution >= 4 is 43.5 Å². The van der Waals surface area contributed by atoms with Gasteiger partial charge < -0.3 is 14.0 Å². The number of fused-ring (bicyclic) bond motifs is 1. The second-order valence-electron chi connectivity index (χ2n) is 7.51. The maximum absolute atomic E-state index is 13.4. The molecular weight excluding hydrogens is 539 g/mol. The molecule has 2 aromatic heterocycles. The molecule has 168 valence electrons.